The van der Waals surface area contributed by atoms with Crippen LogP contribution in [0.15, 0.2) is 66.8 Å². The second-order valence-corrected chi connectivity index (χ2v) is 6.64. The number of hydrogen-bond donors (Lipinski definition) is 0. The van der Waals surface area contributed by atoms with E-state index < -0.39 is 0 Å². The lowest BCUT2D eigenvalue weighted by atomic mass is 10.1. The summed E-state index contributed by atoms with van der Waals surface area (Å²) in [4.78, 5) is 0. The molecule has 0 spiro atoms. The predicted molar refractivity (Wildman–Crippen MR) is 111 cm³/mol. The van der Waals surface area contributed by atoms with Crippen molar-refractivity contribution in [3.05, 3.63) is 66.8 Å². The summed E-state index contributed by atoms with van der Waals surface area (Å²) in [7, 11) is 0. The van der Waals surface area contributed by atoms with Crippen molar-refractivity contribution in [1.82, 2.24) is 0 Å². The van der Waals surface area contributed by atoms with Crippen LogP contribution in [0.1, 0.15) is 71.1 Å². The molecule has 1 aromatic carbocycles. The van der Waals surface area contributed by atoms with Crippen molar-refractivity contribution < 1.29 is 4.74 Å². The van der Waals surface area contributed by atoms with E-state index in [-0.39, 0.29) is 0 Å². The Labute approximate surface area is 155 Å². The monoisotopic (exact) mass is 340 g/mol. The van der Waals surface area contributed by atoms with Crippen LogP contribution in [-0.2, 0) is 0 Å². The van der Waals surface area contributed by atoms with E-state index in [2.05, 4.69) is 13.5 Å². The molecule has 0 radical (unpaired) electrons. The van der Waals surface area contributed by atoms with Gasteiger partial charge in [0.1, 0.15) is 5.75 Å². The van der Waals surface area contributed by atoms with Crippen LogP contribution in [-0.4, -0.2) is 6.61 Å². The van der Waals surface area contributed by atoms with Crippen LogP contribution >= 0.6 is 0 Å². The lowest BCUT2D eigenvalue weighted by Gasteiger charge is -2.05. The van der Waals surface area contributed by atoms with E-state index in [9.17, 15) is 0 Å². The first-order valence-corrected chi connectivity index (χ1v) is 10.0. The molecule has 0 aromatic heterocycles. The number of benzene rings is 1. The lowest BCUT2D eigenvalue weighted by Crippen LogP contribution is -1.96. The normalized spacial score (nSPS) is 12.1. The molecule has 1 aliphatic carbocycles. The average Bonchev–Trinajstić information content (AvgIpc) is 3.12. The third-order valence-electron chi connectivity index (χ3n) is 4.24. The molecule has 0 bridgehead atoms. The first kappa shape index (κ1) is 21.3. The molecule has 1 aliphatic rings. The van der Waals surface area contributed by atoms with E-state index in [1.807, 2.05) is 54.6 Å². The minimum atomic E-state index is 0.862. The Morgan fingerprint density at radius 2 is 1.24 bits per heavy atom. The number of rotatable bonds is 12. The quantitative estimate of drug-likeness (QED) is 0.355. The Hall–Kier alpha value is -1.76. The molecule has 1 heteroatoms. The molecule has 0 heterocycles. The van der Waals surface area contributed by atoms with Gasteiger partial charge >= 0.3 is 0 Å². The fraction of sp³-hybridized carbons (Fsp3) is 0.500. The van der Waals surface area contributed by atoms with Crippen LogP contribution in [0.2, 0.25) is 0 Å². The summed E-state index contributed by atoms with van der Waals surface area (Å²) in [6.45, 7) is 6.82. The largest absolute Gasteiger partial charge is 0.494 e. The molecule has 2 rings (SSSR count). The maximum absolute atomic E-state index is 5.68. The summed E-state index contributed by atoms with van der Waals surface area (Å²) < 4.78 is 5.68. The molecular weight excluding hydrogens is 304 g/mol. The molecule has 0 aliphatic heterocycles. The summed E-state index contributed by atoms with van der Waals surface area (Å²) in [5.74, 6) is 0.999. The number of unbranched alkanes of at least 4 members (excludes halogenated alkanes) is 9. The first-order chi connectivity index (χ1) is 12.3. The first-order valence-electron chi connectivity index (χ1n) is 10.0. The van der Waals surface area contributed by atoms with Gasteiger partial charge in [0.2, 0.25) is 0 Å². The maximum Gasteiger partial charge on any atom is 0.119 e. The van der Waals surface area contributed by atoms with Crippen molar-refractivity contribution in [2.24, 2.45) is 0 Å². The van der Waals surface area contributed by atoms with Gasteiger partial charge in [-0.05, 0) is 24.1 Å². The van der Waals surface area contributed by atoms with E-state index in [4.69, 9.17) is 4.74 Å². The molecular formula is C24H36O. The molecule has 0 fully saturated rings. The van der Waals surface area contributed by atoms with E-state index >= 15 is 0 Å². The summed E-state index contributed by atoms with van der Waals surface area (Å²) >= 11 is 0. The molecule has 0 saturated heterocycles. The highest BCUT2D eigenvalue weighted by molar-refractivity contribution is 5.37. The topological polar surface area (TPSA) is 9.23 Å². The Kier molecular flexibility index (Phi) is 13.4. The third-order valence-corrected chi connectivity index (χ3v) is 4.24. The SMILES string of the molecule is C=C1C=CC=C1.CCCCCCCCCCCCOc1ccccc1. The fourth-order valence-corrected chi connectivity index (χ4v) is 2.71. The number of ether oxygens (including phenoxy) is 1. The smallest absolute Gasteiger partial charge is 0.119 e. The van der Waals surface area contributed by atoms with Gasteiger partial charge in [-0.25, -0.2) is 0 Å². The Morgan fingerprint density at radius 1 is 0.720 bits per heavy atom. The molecule has 0 saturated carbocycles. The van der Waals surface area contributed by atoms with Crippen LogP contribution in [0.3, 0.4) is 0 Å². The van der Waals surface area contributed by atoms with Gasteiger partial charge in [-0.1, -0.05) is 114 Å². The molecule has 0 N–H and O–H groups in total. The molecule has 0 unspecified atom stereocenters. The predicted octanol–water partition coefficient (Wildman–Crippen LogP) is 7.65. The number of allylic oxidation sites excluding steroid dienone is 5. The standard InChI is InChI=1S/C18H30O.C6H6/c1-2-3-4-5-6-7-8-9-10-14-17-19-18-15-12-11-13-16-18;1-6-4-2-3-5-6/h11-13,15-16H,2-10,14,17H2,1H3;2-5H,1H2. The van der Waals surface area contributed by atoms with E-state index in [0.29, 0.717) is 0 Å². The maximum atomic E-state index is 5.68. The van der Waals surface area contributed by atoms with Gasteiger partial charge < -0.3 is 4.74 Å². The van der Waals surface area contributed by atoms with Crippen LogP contribution in [0, 0.1) is 0 Å². The minimum absolute atomic E-state index is 0.862. The van der Waals surface area contributed by atoms with Crippen LogP contribution in [0.5, 0.6) is 5.75 Å². The van der Waals surface area contributed by atoms with Crippen LogP contribution in [0.4, 0.5) is 0 Å². The van der Waals surface area contributed by atoms with Gasteiger partial charge in [0.05, 0.1) is 6.61 Å². The van der Waals surface area contributed by atoms with Crippen molar-refractivity contribution in [2.45, 2.75) is 71.1 Å². The van der Waals surface area contributed by atoms with Gasteiger partial charge in [0.25, 0.3) is 0 Å². The van der Waals surface area contributed by atoms with E-state index in [1.165, 1.54) is 64.2 Å². The van der Waals surface area contributed by atoms with Crippen molar-refractivity contribution in [1.29, 1.82) is 0 Å². The highest BCUT2D eigenvalue weighted by Crippen LogP contribution is 2.12. The van der Waals surface area contributed by atoms with Crippen LogP contribution < -0.4 is 4.74 Å². The van der Waals surface area contributed by atoms with Gasteiger partial charge in [0, 0.05) is 0 Å². The summed E-state index contributed by atoms with van der Waals surface area (Å²) in [6.07, 6.45) is 21.6. The highest BCUT2D eigenvalue weighted by Gasteiger charge is 1.94. The van der Waals surface area contributed by atoms with Crippen molar-refractivity contribution >= 4 is 0 Å². The summed E-state index contributed by atoms with van der Waals surface area (Å²) in [6, 6.07) is 10.1. The lowest BCUT2D eigenvalue weighted by molar-refractivity contribution is 0.304. The minimum Gasteiger partial charge on any atom is -0.494 e. The molecule has 0 amide bonds. The Morgan fingerprint density at radius 3 is 1.72 bits per heavy atom. The summed E-state index contributed by atoms with van der Waals surface area (Å²) in [5, 5.41) is 0. The van der Waals surface area contributed by atoms with E-state index in [0.717, 1.165) is 17.9 Å². The zero-order valence-electron chi connectivity index (χ0n) is 16.1. The third kappa shape index (κ3) is 13.2. The van der Waals surface area contributed by atoms with E-state index in [1.54, 1.807) is 0 Å². The number of hydrogen-bond acceptors (Lipinski definition) is 1. The molecule has 25 heavy (non-hydrogen) atoms. The fourth-order valence-electron chi connectivity index (χ4n) is 2.71. The zero-order chi connectivity index (χ0) is 18.0. The Balaban J connectivity index is 0.000000435. The number of para-hydroxylation sites is 1. The molecule has 1 aromatic rings. The van der Waals surface area contributed by atoms with Crippen molar-refractivity contribution in [2.75, 3.05) is 6.61 Å². The molecule has 1 nitrogen and oxygen atoms in total. The summed E-state index contributed by atoms with van der Waals surface area (Å²) in [5.41, 5.74) is 1.09. The van der Waals surface area contributed by atoms with Gasteiger partial charge in [-0.2, -0.15) is 0 Å². The van der Waals surface area contributed by atoms with Gasteiger partial charge in [0.15, 0.2) is 0 Å². The van der Waals surface area contributed by atoms with Crippen LogP contribution in [0.25, 0.3) is 0 Å². The Bertz CT molecular complexity index is 470. The highest BCUT2D eigenvalue weighted by atomic mass is 16.5. The van der Waals surface area contributed by atoms with Crippen molar-refractivity contribution in [3.63, 3.8) is 0 Å². The molecule has 138 valence electrons. The zero-order valence-corrected chi connectivity index (χ0v) is 16.1. The van der Waals surface area contributed by atoms with Gasteiger partial charge in [-0.3, -0.25) is 0 Å². The van der Waals surface area contributed by atoms with Gasteiger partial charge in [-0.15, -0.1) is 0 Å². The van der Waals surface area contributed by atoms with Crippen molar-refractivity contribution in [3.8, 4) is 5.75 Å². The molecule has 0 atom stereocenters. The average molecular weight is 341 g/mol. The second kappa shape index (κ2) is 15.7. The second-order valence-electron chi connectivity index (χ2n) is 6.64.